The fourth-order valence-electron chi connectivity index (χ4n) is 3.14. The molecule has 0 saturated carbocycles. The fraction of sp³-hybridized carbons (Fsp3) is 0.350. The van der Waals surface area contributed by atoms with Crippen LogP contribution >= 0.6 is 11.6 Å². The highest BCUT2D eigenvalue weighted by Crippen LogP contribution is 2.21. The van der Waals surface area contributed by atoms with Crippen LogP contribution in [0.5, 0.6) is 0 Å². The van der Waals surface area contributed by atoms with Crippen LogP contribution < -0.4 is 4.72 Å². The molecule has 0 aromatic heterocycles. The SMILES string of the molecule is Cc1cc(C)c(S(=O)(=O)NCCC(=O)N(C)Cc2cccc(Cl)c2)c(C)c1. The zero-order chi connectivity index (χ0) is 20.2. The summed E-state index contributed by atoms with van der Waals surface area (Å²) in [6.45, 7) is 5.95. The zero-order valence-electron chi connectivity index (χ0n) is 16.0. The number of nitrogens with one attached hydrogen (secondary N) is 1. The number of halogens is 1. The lowest BCUT2D eigenvalue weighted by Gasteiger charge is -2.18. The summed E-state index contributed by atoms with van der Waals surface area (Å²) in [5.74, 6) is -0.143. The molecular weight excluding hydrogens is 384 g/mol. The molecule has 2 rings (SSSR count). The van der Waals surface area contributed by atoms with Crippen LogP contribution in [0.15, 0.2) is 41.3 Å². The fourth-order valence-corrected chi connectivity index (χ4v) is 4.84. The van der Waals surface area contributed by atoms with E-state index < -0.39 is 10.0 Å². The van der Waals surface area contributed by atoms with Crippen molar-refractivity contribution in [1.29, 1.82) is 0 Å². The minimum Gasteiger partial charge on any atom is -0.341 e. The van der Waals surface area contributed by atoms with Gasteiger partial charge >= 0.3 is 0 Å². The maximum Gasteiger partial charge on any atom is 0.241 e. The lowest BCUT2D eigenvalue weighted by atomic mass is 10.1. The maximum atomic E-state index is 12.6. The predicted octanol–water partition coefficient (Wildman–Crippen LogP) is 3.59. The maximum absolute atomic E-state index is 12.6. The van der Waals surface area contributed by atoms with Crippen molar-refractivity contribution in [1.82, 2.24) is 9.62 Å². The van der Waals surface area contributed by atoms with Crippen molar-refractivity contribution in [3.05, 3.63) is 63.7 Å². The first kappa shape index (κ1) is 21.4. The normalized spacial score (nSPS) is 11.4. The molecule has 0 aliphatic heterocycles. The summed E-state index contributed by atoms with van der Waals surface area (Å²) in [7, 11) is -1.98. The molecule has 1 N–H and O–H groups in total. The number of amides is 1. The molecule has 0 aliphatic rings. The van der Waals surface area contributed by atoms with Gasteiger partial charge in [-0.25, -0.2) is 13.1 Å². The van der Waals surface area contributed by atoms with Crippen LogP contribution in [-0.4, -0.2) is 32.8 Å². The Hall–Kier alpha value is -1.89. The van der Waals surface area contributed by atoms with Crippen molar-refractivity contribution < 1.29 is 13.2 Å². The second kappa shape index (κ2) is 8.87. The molecule has 0 heterocycles. The average Bonchev–Trinajstić information content (AvgIpc) is 2.53. The quantitative estimate of drug-likeness (QED) is 0.761. The first-order chi connectivity index (χ1) is 12.6. The van der Waals surface area contributed by atoms with E-state index in [1.165, 1.54) is 0 Å². The van der Waals surface area contributed by atoms with Gasteiger partial charge in [-0.2, -0.15) is 0 Å². The Bertz CT molecular complexity index is 919. The molecule has 0 spiro atoms. The Morgan fingerprint density at radius 2 is 1.74 bits per heavy atom. The van der Waals surface area contributed by atoms with Gasteiger partial charge in [-0.1, -0.05) is 41.4 Å². The van der Waals surface area contributed by atoms with Gasteiger partial charge in [-0.05, 0) is 49.6 Å². The second-order valence-electron chi connectivity index (χ2n) is 6.76. The molecule has 0 saturated heterocycles. The van der Waals surface area contributed by atoms with Crippen molar-refractivity contribution in [3.63, 3.8) is 0 Å². The van der Waals surface area contributed by atoms with E-state index in [-0.39, 0.29) is 23.8 Å². The number of hydrogen-bond acceptors (Lipinski definition) is 3. The summed E-state index contributed by atoms with van der Waals surface area (Å²) in [6.07, 6.45) is 0.0836. The van der Waals surface area contributed by atoms with Crippen molar-refractivity contribution in [2.75, 3.05) is 13.6 Å². The average molecular weight is 409 g/mol. The Kier molecular flexibility index (Phi) is 7.03. The molecular formula is C20H25ClN2O3S. The van der Waals surface area contributed by atoms with E-state index in [9.17, 15) is 13.2 Å². The summed E-state index contributed by atoms with van der Waals surface area (Å²) in [5.41, 5.74) is 3.33. The highest BCUT2D eigenvalue weighted by Gasteiger charge is 2.20. The topological polar surface area (TPSA) is 66.5 Å². The Morgan fingerprint density at radius 1 is 1.11 bits per heavy atom. The molecule has 0 radical (unpaired) electrons. The van der Waals surface area contributed by atoms with Crippen LogP contribution in [0.2, 0.25) is 5.02 Å². The molecule has 0 atom stereocenters. The molecule has 0 fully saturated rings. The van der Waals surface area contributed by atoms with Crippen LogP contribution in [0, 0.1) is 20.8 Å². The van der Waals surface area contributed by atoms with E-state index in [2.05, 4.69) is 4.72 Å². The van der Waals surface area contributed by atoms with Crippen LogP contribution in [0.25, 0.3) is 0 Å². The molecule has 0 unspecified atom stereocenters. The minimum absolute atomic E-state index is 0.0494. The third kappa shape index (κ3) is 5.79. The van der Waals surface area contributed by atoms with Gasteiger partial charge in [0.05, 0.1) is 4.90 Å². The van der Waals surface area contributed by atoms with E-state index >= 15 is 0 Å². The summed E-state index contributed by atoms with van der Waals surface area (Å²) < 4.78 is 27.8. The van der Waals surface area contributed by atoms with Crippen molar-refractivity contribution in [2.45, 2.75) is 38.6 Å². The largest absolute Gasteiger partial charge is 0.341 e. The zero-order valence-corrected chi connectivity index (χ0v) is 17.6. The smallest absolute Gasteiger partial charge is 0.241 e. The van der Waals surface area contributed by atoms with Gasteiger partial charge in [0.25, 0.3) is 0 Å². The van der Waals surface area contributed by atoms with Gasteiger partial charge in [0.2, 0.25) is 15.9 Å². The summed E-state index contributed by atoms with van der Waals surface area (Å²) in [6, 6.07) is 11.0. The summed E-state index contributed by atoms with van der Waals surface area (Å²) in [5, 5.41) is 0.616. The van der Waals surface area contributed by atoms with Gasteiger partial charge in [0.1, 0.15) is 0 Å². The van der Waals surface area contributed by atoms with E-state index in [0.29, 0.717) is 22.7 Å². The molecule has 5 nitrogen and oxygen atoms in total. The number of benzene rings is 2. The second-order valence-corrected chi connectivity index (χ2v) is 8.90. The summed E-state index contributed by atoms with van der Waals surface area (Å²) in [4.78, 5) is 14.1. The first-order valence-corrected chi connectivity index (χ1v) is 10.5. The van der Waals surface area contributed by atoms with Crippen LogP contribution in [0.4, 0.5) is 0 Å². The molecule has 27 heavy (non-hydrogen) atoms. The van der Waals surface area contributed by atoms with Gasteiger partial charge < -0.3 is 4.90 Å². The van der Waals surface area contributed by atoms with Crippen LogP contribution in [0.1, 0.15) is 28.7 Å². The van der Waals surface area contributed by atoms with Crippen molar-refractivity contribution in [3.8, 4) is 0 Å². The Labute approximate surface area is 166 Å². The number of hydrogen-bond donors (Lipinski definition) is 1. The highest BCUT2D eigenvalue weighted by molar-refractivity contribution is 7.89. The first-order valence-electron chi connectivity index (χ1n) is 8.66. The number of aryl methyl sites for hydroxylation is 3. The summed E-state index contributed by atoms with van der Waals surface area (Å²) >= 11 is 5.95. The molecule has 0 aliphatic carbocycles. The molecule has 0 bridgehead atoms. The van der Waals surface area contributed by atoms with Gasteiger partial charge in [0, 0.05) is 31.6 Å². The number of nitrogens with zero attached hydrogens (tertiary/aromatic N) is 1. The number of rotatable bonds is 7. The highest BCUT2D eigenvalue weighted by atomic mass is 35.5. The predicted molar refractivity (Wildman–Crippen MR) is 108 cm³/mol. The third-order valence-electron chi connectivity index (χ3n) is 4.24. The lowest BCUT2D eigenvalue weighted by molar-refractivity contribution is -0.130. The standard InChI is InChI=1S/C20H25ClN2O3S/c1-14-10-15(2)20(16(3)11-14)27(25,26)22-9-8-19(24)23(4)13-17-6-5-7-18(21)12-17/h5-7,10-12,22H,8-9,13H2,1-4H3. The third-order valence-corrected chi connectivity index (χ3v) is 6.24. The van der Waals surface area contributed by atoms with E-state index in [1.807, 2.05) is 31.2 Å². The molecule has 2 aromatic rings. The molecule has 7 heteroatoms. The lowest BCUT2D eigenvalue weighted by Crippen LogP contribution is -2.32. The van der Waals surface area contributed by atoms with Gasteiger partial charge in [-0.3, -0.25) is 4.79 Å². The Balaban J connectivity index is 1.96. The van der Waals surface area contributed by atoms with E-state index in [0.717, 1.165) is 11.1 Å². The van der Waals surface area contributed by atoms with Crippen LogP contribution in [-0.2, 0) is 21.4 Å². The number of sulfonamides is 1. The van der Waals surface area contributed by atoms with Crippen LogP contribution in [0.3, 0.4) is 0 Å². The van der Waals surface area contributed by atoms with Gasteiger partial charge in [-0.15, -0.1) is 0 Å². The van der Waals surface area contributed by atoms with E-state index in [1.54, 1.807) is 37.9 Å². The Morgan fingerprint density at radius 3 is 2.33 bits per heavy atom. The molecule has 146 valence electrons. The number of carbonyl (C=O) groups is 1. The van der Waals surface area contributed by atoms with Crippen molar-refractivity contribution >= 4 is 27.5 Å². The minimum atomic E-state index is -3.66. The van der Waals surface area contributed by atoms with Gasteiger partial charge in [0.15, 0.2) is 0 Å². The molecule has 2 aromatic carbocycles. The van der Waals surface area contributed by atoms with E-state index in [4.69, 9.17) is 11.6 Å². The molecule has 1 amide bonds. The van der Waals surface area contributed by atoms with Crippen molar-refractivity contribution in [2.24, 2.45) is 0 Å². The number of carbonyl (C=O) groups excluding carboxylic acids is 1. The monoisotopic (exact) mass is 408 g/mol.